The Balaban J connectivity index is 1.39. The predicted molar refractivity (Wildman–Crippen MR) is 99.0 cm³/mol. The van der Waals surface area contributed by atoms with Crippen molar-refractivity contribution in [1.29, 1.82) is 0 Å². The highest BCUT2D eigenvalue weighted by molar-refractivity contribution is 5.90. The van der Waals surface area contributed by atoms with Crippen LogP contribution in [0.4, 0.5) is 0 Å². The third-order valence-corrected chi connectivity index (χ3v) is 5.61. The molecular formula is C19H21N7O2. The van der Waals surface area contributed by atoms with Crippen LogP contribution in [0.15, 0.2) is 36.9 Å². The Morgan fingerprint density at radius 3 is 2.79 bits per heavy atom. The quantitative estimate of drug-likeness (QED) is 0.723. The summed E-state index contributed by atoms with van der Waals surface area (Å²) in [6.07, 6.45) is 9.33. The van der Waals surface area contributed by atoms with E-state index in [0.29, 0.717) is 5.95 Å². The number of amides is 1. The molecule has 2 N–H and O–H groups in total. The molecule has 0 radical (unpaired) electrons. The lowest BCUT2D eigenvalue weighted by atomic mass is 9.77. The van der Waals surface area contributed by atoms with Crippen LogP contribution in [0, 0.1) is 0 Å². The molecule has 1 spiro atoms. The van der Waals surface area contributed by atoms with Crippen LogP contribution in [-0.2, 0) is 0 Å². The van der Waals surface area contributed by atoms with Crippen LogP contribution in [0.5, 0.6) is 5.75 Å². The average Bonchev–Trinajstić information content (AvgIpc) is 3.40. The maximum atomic E-state index is 12.9. The lowest BCUT2D eigenvalue weighted by Crippen LogP contribution is -2.46. The lowest BCUT2D eigenvalue weighted by Gasteiger charge is -2.44. The summed E-state index contributed by atoms with van der Waals surface area (Å²) in [6.45, 7) is 0. The van der Waals surface area contributed by atoms with Gasteiger partial charge in [0.2, 0.25) is 5.82 Å². The molecule has 1 aliphatic heterocycles. The fraction of sp³-hybridized carbons (Fsp3) is 0.421. The molecule has 1 unspecified atom stereocenters. The van der Waals surface area contributed by atoms with Gasteiger partial charge in [0, 0.05) is 12.0 Å². The van der Waals surface area contributed by atoms with Gasteiger partial charge in [0.1, 0.15) is 24.0 Å². The Morgan fingerprint density at radius 2 is 1.96 bits per heavy atom. The second-order valence-electron chi connectivity index (χ2n) is 7.47. The monoisotopic (exact) mass is 379 g/mol. The molecule has 1 fully saturated rings. The van der Waals surface area contributed by atoms with Gasteiger partial charge >= 0.3 is 0 Å². The predicted octanol–water partition coefficient (Wildman–Crippen LogP) is 2.34. The number of ether oxygens (including phenoxy) is 1. The first-order chi connectivity index (χ1) is 13.7. The first kappa shape index (κ1) is 16.9. The van der Waals surface area contributed by atoms with E-state index in [1.54, 1.807) is 0 Å². The first-order valence-corrected chi connectivity index (χ1v) is 9.59. The Labute approximate surface area is 161 Å². The van der Waals surface area contributed by atoms with Gasteiger partial charge in [-0.05, 0) is 31.7 Å². The highest BCUT2D eigenvalue weighted by atomic mass is 16.5. The summed E-state index contributed by atoms with van der Waals surface area (Å²) in [4.78, 5) is 17.1. The molecule has 3 aromatic rings. The third kappa shape index (κ3) is 3.02. The number of hydrogen-bond acceptors (Lipinski definition) is 6. The maximum Gasteiger partial charge on any atom is 0.289 e. The minimum absolute atomic E-state index is 0.126. The van der Waals surface area contributed by atoms with Crippen molar-refractivity contribution in [1.82, 2.24) is 35.3 Å². The smallest absolute Gasteiger partial charge is 0.289 e. The minimum atomic E-state index is -0.292. The number of aromatic nitrogens is 6. The maximum absolute atomic E-state index is 12.9. The summed E-state index contributed by atoms with van der Waals surface area (Å²) in [5.74, 6) is 1.06. The molecule has 2 aromatic heterocycles. The summed E-state index contributed by atoms with van der Waals surface area (Å²) in [7, 11) is 0. The number of para-hydroxylation sites is 1. The summed E-state index contributed by atoms with van der Waals surface area (Å²) in [5.41, 5.74) is 0.810. The lowest BCUT2D eigenvalue weighted by molar-refractivity contribution is -0.00215. The zero-order valence-corrected chi connectivity index (χ0v) is 15.3. The van der Waals surface area contributed by atoms with Crippen LogP contribution < -0.4 is 10.1 Å². The molecule has 3 heterocycles. The molecule has 144 valence electrons. The van der Waals surface area contributed by atoms with Crippen molar-refractivity contribution in [3.05, 3.63) is 48.3 Å². The van der Waals surface area contributed by atoms with Crippen LogP contribution in [0.1, 0.15) is 60.7 Å². The zero-order chi connectivity index (χ0) is 19.0. The fourth-order valence-corrected chi connectivity index (χ4v) is 4.25. The Kier molecular flexibility index (Phi) is 4.07. The second-order valence-corrected chi connectivity index (χ2v) is 7.47. The number of nitrogens with zero attached hydrogens (tertiary/aromatic N) is 5. The number of H-pyrrole nitrogens is 1. The molecule has 5 rings (SSSR count). The van der Waals surface area contributed by atoms with E-state index in [1.165, 1.54) is 23.6 Å². The van der Waals surface area contributed by atoms with Crippen molar-refractivity contribution in [2.45, 2.75) is 50.2 Å². The van der Waals surface area contributed by atoms with Crippen molar-refractivity contribution in [3.63, 3.8) is 0 Å². The van der Waals surface area contributed by atoms with E-state index < -0.39 is 0 Å². The molecule has 1 amide bonds. The molecule has 9 heteroatoms. The van der Waals surface area contributed by atoms with Gasteiger partial charge in [-0.15, -0.1) is 15.3 Å². The van der Waals surface area contributed by atoms with Crippen molar-refractivity contribution in [3.8, 4) is 11.7 Å². The third-order valence-electron chi connectivity index (χ3n) is 5.61. The van der Waals surface area contributed by atoms with E-state index in [0.717, 1.165) is 43.4 Å². The average molecular weight is 379 g/mol. The van der Waals surface area contributed by atoms with E-state index in [2.05, 4.69) is 30.7 Å². The minimum Gasteiger partial charge on any atom is -0.487 e. The Hall–Kier alpha value is -3.23. The molecule has 2 aliphatic rings. The standard InChI is InChI=1S/C19H21N7O2/c27-17(16-23-18(25-24-16)26-11-20-21-12-26)22-14-10-19(8-4-1-5-9-19)28-15-7-3-2-6-13(14)15/h2-3,6-7,11-12,14H,1,4-5,8-10H2,(H,22,27)(H,23,24,25). The van der Waals surface area contributed by atoms with Gasteiger partial charge in [-0.25, -0.2) is 0 Å². The van der Waals surface area contributed by atoms with E-state index >= 15 is 0 Å². The van der Waals surface area contributed by atoms with Gasteiger partial charge in [0.05, 0.1) is 6.04 Å². The van der Waals surface area contributed by atoms with Gasteiger partial charge in [0.25, 0.3) is 11.9 Å². The van der Waals surface area contributed by atoms with Crippen LogP contribution >= 0.6 is 0 Å². The van der Waals surface area contributed by atoms with E-state index in [4.69, 9.17) is 4.74 Å². The second kappa shape index (κ2) is 6.74. The summed E-state index contributed by atoms with van der Waals surface area (Å²) >= 11 is 0. The van der Waals surface area contributed by atoms with Gasteiger partial charge in [-0.1, -0.05) is 24.6 Å². The van der Waals surface area contributed by atoms with Crippen LogP contribution in [-0.4, -0.2) is 41.5 Å². The van der Waals surface area contributed by atoms with Crippen LogP contribution in [0.25, 0.3) is 5.95 Å². The molecule has 1 saturated carbocycles. The molecule has 1 aromatic carbocycles. The van der Waals surface area contributed by atoms with Crippen molar-refractivity contribution < 1.29 is 9.53 Å². The summed E-state index contributed by atoms with van der Waals surface area (Å²) < 4.78 is 7.96. The number of aromatic amines is 1. The number of rotatable bonds is 3. The molecule has 28 heavy (non-hydrogen) atoms. The van der Waals surface area contributed by atoms with Crippen LogP contribution in [0.3, 0.4) is 0 Å². The number of carbonyl (C=O) groups excluding carboxylic acids is 1. The molecule has 0 bridgehead atoms. The molecular weight excluding hydrogens is 358 g/mol. The highest BCUT2D eigenvalue weighted by Crippen LogP contribution is 2.46. The highest BCUT2D eigenvalue weighted by Gasteiger charge is 2.42. The number of hydrogen-bond donors (Lipinski definition) is 2. The van der Waals surface area contributed by atoms with Gasteiger partial charge < -0.3 is 10.1 Å². The fourth-order valence-electron chi connectivity index (χ4n) is 4.25. The van der Waals surface area contributed by atoms with Gasteiger partial charge in [-0.2, -0.15) is 4.98 Å². The normalized spacial score (nSPS) is 20.4. The zero-order valence-electron chi connectivity index (χ0n) is 15.3. The van der Waals surface area contributed by atoms with Gasteiger partial charge in [-0.3, -0.25) is 14.5 Å². The van der Waals surface area contributed by atoms with E-state index in [9.17, 15) is 4.79 Å². The molecule has 1 atom stereocenters. The molecule has 1 aliphatic carbocycles. The number of carbonyl (C=O) groups is 1. The SMILES string of the molecule is O=C(NC1CC2(CCCCC2)Oc2ccccc21)c1nc(-n2cnnc2)n[nH]1. The van der Waals surface area contributed by atoms with Crippen molar-refractivity contribution in [2.75, 3.05) is 0 Å². The Bertz CT molecular complexity index is 976. The number of nitrogens with one attached hydrogen (secondary N) is 2. The molecule has 9 nitrogen and oxygen atoms in total. The first-order valence-electron chi connectivity index (χ1n) is 9.59. The van der Waals surface area contributed by atoms with Crippen molar-refractivity contribution >= 4 is 5.91 Å². The number of fused-ring (bicyclic) bond motifs is 1. The number of benzene rings is 1. The Morgan fingerprint density at radius 1 is 1.18 bits per heavy atom. The summed E-state index contributed by atoms with van der Waals surface area (Å²) in [5, 5.41) is 17.3. The van der Waals surface area contributed by atoms with E-state index in [-0.39, 0.29) is 23.4 Å². The van der Waals surface area contributed by atoms with Crippen molar-refractivity contribution in [2.24, 2.45) is 0 Å². The molecule has 0 saturated heterocycles. The topological polar surface area (TPSA) is 111 Å². The summed E-state index contributed by atoms with van der Waals surface area (Å²) in [6, 6.07) is 7.82. The largest absolute Gasteiger partial charge is 0.487 e. The van der Waals surface area contributed by atoms with Gasteiger partial charge in [0.15, 0.2) is 0 Å². The van der Waals surface area contributed by atoms with E-state index in [1.807, 2.05) is 24.3 Å². The van der Waals surface area contributed by atoms with Crippen LogP contribution in [0.2, 0.25) is 0 Å².